The highest BCUT2D eigenvalue weighted by Crippen LogP contribution is 2.26. The number of H-pyrrole nitrogens is 1. The van der Waals surface area contributed by atoms with Crippen molar-refractivity contribution in [2.45, 2.75) is 29.8 Å². The molecule has 0 aliphatic rings. The molecule has 1 heterocycles. The van der Waals surface area contributed by atoms with E-state index in [-0.39, 0.29) is 11.7 Å². The van der Waals surface area contributed by atoms with Gasteiger partial charge in [0.05, 0.1) is 23.3 Å². The van der Waals surface area contributed by atoms with Crippen LogP contribution in [0.5, 0.6) is 0 Å². The van der Waals surface area contributed by atoms with Gasteiger partial charge in [-0.15, -0.1) is 16.9 Å². The molecule has 1 aromatic heterocycles. The van der Waals surface area contributed by atoms with E-state index in [1.807, 2.05) is 24.3 Å². The number of thioether (sulfide) groups is 2. The number of para-hydroxylation sites is 1. The number of benzene rings is 1. The van der Waals surface area contributed by atoms with Crippen molar-refractivity contribution in [3.05, 3.63) is 30.1 Å². The molecular weight excluding hydrogens is 330 g/mol. The van der Waals surface area contributed by atoms with E-state index < -0.39 is 0 Å². The number of carbonyl (C=O) groups is 1. The first-order valence-corrected chi connectivity index (χ1v) is 9.12. The summed E-state index contributed by atoms with van der Waals surface area (Å²) in [6.07, 6.45) is 1.85. The van der Waals surface area contributed by atoms with Gasteiger partial charge in [0.2, 0.25) is 11.1 Å². The second-order valence-electron chi connectivity index (χ2n) is 4.59. The molecule has 1 aromatic carbocycles. The Labute approximate surface area is 143 Å². The number of nitrogens with zero attached hydrogens (tertiary/aromatic N) is 3. The summed E-state index contributed by atoms with van der Waals surface area (Å²) in [7, 11) is 0. The summed E-state index contributed by atoms with van der Waals surface area (Å²) in [6.45, 7) is 2.07. The van der Waals surface area contributed by atoms with Crippen molar-refractivity contribution >= 4 is 35.1 Å². The topological polar surface area (TPSA) is 94.5 Å². The minimum Gasteiger partial charge on any atom is -0.324 e. The number of rotatable bonds is 8. The molecular formula is C15H17N5OS2. The predicted octanol–water partition coefficient (Wildman–Crippen LogP) is 3.10. The Kier molecular flexibility index (Phi) is 6.97. The number of nitriles is 1. The summed E-state index contributed by atoms with van der Waals surface area (Å²) in [5.41, 5.74) is 0.722. The zero-order valence-electron chi connectivity index (χ0n) is 12.7. The van der Waals surface area contributed by atoms with Crippen molar-refractivity contribution in [2.75, 3.05) is 16.8 Å². The predicted molar refractivity (Wildman–Crippen MR) is 92.5 cm³/mol. The van der Waals surface area contributed by atoms with Gasteiger partial charge in [-0.05, 0) is 18.6 Å². The van der Waals surface area contributed by atoms with Crippen LogP contribution in [0.2, 0.25) is 0 Å². The summed E-state index contributed by atoms with van der Waals surface area (Å²) < 4.78 is 0. The smallest absolute Gasteiger partial charge is 0.234 e. The van der Waals surface area contributed by atoms with Gasteiger partial charge in [-0.1, -0.05) is 30.8 Å². The number of anilines is 1. The van der Waals surface area contributed by atoms with E-state index in [1.165, 1.54) is 23.5 Å². The highest BCUT2D eigenvalue weighted by Gasteiger charge is 2.10. The SMILES string of the molecule is CCCc1nc(SCC(=O)Nc2ccccc2SCC#N)n[nH]1. The number of hydrogen-bond donors (Lipinski definition) is 2. The van der Waals surface area contributed by atoms with Crippen LogP contribution in [0.25, 0.3) is 0 Å². The van der Waals surface area contributed by atoms with Gasteiger partial charge in [-0.25, -0.2) is 4.98 Å². The Morgan fingerprint density at radius 3 is 3.00 bits per heavy atom. The fraction of sp³-hybridized carbons (Fsp3) is 0.333. The first-order chi connectivity index (χ1) is 11.2. The lowest BCUT2D eigenvalue weighted by atomic mass is 10.3. The second-order valence-corrected chi connectivity index (χ2v) is 6.55. The molecule has 0 atom stereocenters. The molecule has 0 saturated heterocycles. The third-order valence-corrected chi connectivity index (χ3v) is 4.57. The van der Waals surface area contributed by atoms with Crippen LogP contribution in [0, 0.1) is 11.3 Å². The van der Waals surface area contributed by atoms with Crippen molar-refractivity contribution in [1.29, 1.82) is 5.26 Å². The molecule has 2 aromatic rings. The number of aromatic nitrogens is 3. The zero-order chi connectivity index (χ0) is 16.5. The minimum absolute atomic E-state index is 0.123. The van der Waals surface area contributed by atoms with Gasteiger partial charge in [0.1, 0.15) is 5.82 Å². The Bertz CT molecular complexity index is 695. The maximum Gasteiger partial charge on any atom is 0.234 e. The van der Waals surface area contributed by atoms with Gasteiger partial charge in [0, 0.05) is 11.3 Å². The number of nitrogens with one attached hydrogen (secondary N) is 2. The molecule has 0 radical (unpaired) electrons. The van der Waals surface area contributed by atoms with Gasteiger partial charge >= 0.3 is 0 Å². The molecule has 1 amide bonds. The van der Waals surface area contributed by atoms with Crippen LogP contribution < -0.4 is 5.32 Å². The van der Waals surface area contributed by atoms with Crippen LogP contribution in [-0.2, 0) is 11.2 Å². The summed E-state index contributed by atoms with van der Waals surface area (Å²) in [5.74, 6) is 1.30. The van der Waals surface area contributed by atoms with E-state index >= 15 is 0 Å². The van der Waals surface area contributed by atoms with E-state index in [2.05, 4.69) is 33.5 Å². The molecule has 0 fully saturated rings. The molecule has 6 nitrogen and oxygen atoms in total. The van der Waals surface area contributed by atoms with Crippen molar-refractivity contribution in [2.24, 2.45) is 0 Å². The van der Waals surface area contributed by atoms with Crippen LogP contribution in [-0.4, -0.2) is 32.6 Å². The van der Waals surface area contributed by atoms with Crippen molar-refractivity contribution < 1.29 is 4.79 Å². The van der Waals surface area contributed by atoms with Crippen LogP contribution in [0.15, 0.2) is 34.3 Å². The number of hydrogen-bond acceptors (Lipinski definition) is 6. The Morgan fingerprint density at radius 1 is 1.39 bits per heavy atom. The molecule has 120 valence electrons. The molecule has 0 aliphatic heterocycles. The molecule has 2 rings (SSSR count). The molecule has 0 aliphatic carbocycles. The van der Waals surface area contributed by atoms with Crippen molar-refractivity contribution in [3.63, 3.8) is 0 Å². The molecule has 2 N–H and O–H groups in total. The second kappa shape index (κ2) is 9.22. The lowest BCUT2D eigenvalue weighted by Gasteiger charge is -2.08. The first-order valence-electron chi connectivity index (χ1n) is 7.15. The largest absolute Gasteiger partial charge is 0.324 e. The highest BCUT2D eigenvalue weighted by atomic mass is 32.2. The Morgan fingerprint density at radius 2 is 2.22 bits per heavy atom. The average molecular weight is 347 g/mol. The van der Waals surface area contributed by atoms with Gasteiger partial charge in [-0.3, -0.25) is 9.89 Å². The molecule has 8 heteroatoms. The van der Waals surface area contributed by atoms with Gasteiger partial charge < -0.3 is 5.32 Å². The number of amides is 1. The lowest BCUT2D eigenvalue weighted by Crippen LogP contribution is -2.14. The minimum atomic E-state index is -0.123. The quantitative estimate of drug-likeness (QED) is 0.713. The van der Waals surface area contributed by atoms with Crippen molar-refractivity contribution in [3.8, 4) is 6.07 Å². The van der Waals surface area contributed by atoms with Crippen LogP contribution in [0.3, 0.4) is 0 Å². The fourth-order valence-electron chi connectivity index (χ4n) is 1.81. The summed E-state index contributed by atoms with van der Waals surface area (Å²) in [5, 5.41) is 19.1. The van der Waals surface area contributed by atoms with Crippen molar-refractivity contribution in [1.82, 2.24) is 15.2 Å². The molecule has 23 heavy (non-hydrogen) atoms. The fourth-order valence-corrected chi connectivity index (χ4v) is 3.10. The average Bonchev–Trinajstić information content (AvgIpc) is 3.00. The number of carbonyl (C=O) groups excluding carboxylic acids is 1. The molecule has 0 unspecified atom stereocenters. The van der Waals surface area contributed by atoms with E-state index in [0.29, 0.717) is 10.9 Å². The third-order valence-electron chi connectivity index (χ3n) is 2.78. The molecule has 0 spiro atoms. The Balaban J connectivity index is 1.88. The van der Waals surface area contributed by atoms with Gasteiger partial charge in [-0.2, -0.15) is 5.26 Å². The zero-order valence-corrected chi connectivity index (χ0v) is 14.3. The number of aromatic amines is 1. The maximum atomic E-state index is 12.1. The standard InChI is InChI=1S/C15H17N5OS2/c1-2-5-13-18-15(20-19-13)23-10-14(21)17-11-6-3-4-7-12(11)22-9-8-16/h3-4,6-7H,2,5,9-10H2,1H3,(H,17,21)(H,18,19,20). The summed E-state index contributed by atoms with van der Waals surface area (Å²) >= 11 is 2.69. The monoisotopic (exact) mass is 347 g/mol. The van der Waals surface area contributed by atoms with E-state index in [9.17, 15) is 4.79 Å². The van der Waals surface area contributed by atoms with E-state index in [0.717, 1.165) is 29.2 Å². The van der Waals surface area contributed by atoms with Crippen LogP contribution in [0.1, 0.15) is 19.2 Å². The highest BCUT2D eigenvalue weighted by molar-refractivity contribution is 8.00. The maximum absolute atomic E-state index is 12.1. The van der Waals surface area contributed by atoms with E-state index in [1.54, 1.807) is 0 Å². The van der Waals surface area contributed by atoms with Crippen LogP contribution >= 0.6 is 23.5 Å². The summed E-state index contributed by atoms with van der Waals surface area (Å²) in [6, 6.07) is 9.53. The van der Waals surface area contributed by atoms with Gasteiger partial charge in [0.15, 0.2) is 0 Å². The molecule has 0 bridgehead atoms. The number of aryl methyl sites for hydroxylation is 1. The first kappa shape index (κ1) is 17.4. The Hall–Kier alpha value is -1.98. The molecule has 0 saturated carbocycles. The van der Waals surface area contributed by atoms with E-state index in [4.69, 9.17) is 5.26 Å². The van der Waals surface area contributed by atoms with Crippen LogP contribution in [0.4, 0.5) is 5.69 Å². The van der Waals surface area contributed by atoms with Gasteiger partial charge in [0.25, 0.3) is 0 Å². The summed E-state index contributed by atoms with van der Waals surface area (Å²) in [4.78, 5) is 17.3. The lowest BCUT2D eigenvalue weighted by molar-refractivity contribution is -0.113. The third kappa shape index (κ3) is 5.62. The normalized spacial score (nSPS) is 10.3.